The summed E-state index contributed by atoms with van der Waals surface area (Å²) in [5.41, 5.74) is 2.02. The fourth-order valence-electron chi connectivity index (χ4n) is 5.36. The fourth-order valence-corrected chi connectivity index (χ4v) is 5.36. The van der Waals surface area contributed by atoms with Gasteiger partial charge >= 0.3 is 12.1 Å². The molecule has 0 spiro atoms. The number of alkyl halides is 3. The van der Waals surface area contributed by atoms with Crippen molar-refractivity contribution in [2.75, 3.05) is 26.0 Å². The maximum absolute atomic E-state index is 13.5. The normalized spacial score (nSPS) is 11.5. The molecule has 6 nitrogen and oxygen atoms in total. The number of esters is 1. The highest BCUT2D eigenvalue weighted by atomic mass is 19.4. The smallest absolute Gasteiger partial charge is 0.416 e. The third kappa shape index (κ3) is 7.83. The Morgan fingerprint density at radius 2 is 1.39 bits per heavy atom. The number of ether oxygens (including phenoxy) is 1. The Labute approximate surface area is 267 Å². The molecule has 0 aromatic heterocycles. The number of nitrogens with one attached hydrogen (secondary N) is 1. The number of nitrogens with zero attached hydrogens (tertiary/aromatic N) is 1. The molecule has 0 aliphatic rings. The van der Waals surface area contributed by atoms with Crippen LogP contribution in [0, 0.1) is 0 Å². The minimum atomic E-state index is -4.48. The average Bonchev–Trinajstić information content (AvgIpc) is 3.06. The molecule has 4 aromatic carbocycles. The van der Waals surface area contributed by atoms with E-state index < -0.39 is 23.6 Å². The van der Waals surface area contributed by atoms with E-state index in [-0.39, 0.29) is 41.2 Å². The van der Waals surface area contributed by atoms with E-state index in [9.17, 15) is 27.6 Å². The first-order valence-electron chi connectivity index (χ1n) is 15.0. The molecule has 0 saturated carbocycles. The summed E-state index contributed by atoms with van der Waals surface area (Å²) in [6, 6.07) is 25.8. The molecule has 4 aromatic rings. The van der Waals surface area contributed by atoms with Crippen LogP contribution >= 0.6 is 0 Å². The third-order valence-electron chi connectivity index (χ3n) is 8.26. The lowest BCUT2D eigenvalue weighted by atomic mass is 9.76. The molecule has 0 bridgehead atoms. The largest absolute Gasteiger partial charge is 0.464 e. The molecule has 46 heavy (non-hydrogen) atoms. The number of carbonyl (C=O) groups excluding carboxylic acids is 3. The Kier molecular flexibility index (Phi) is 10.7. The maximum Gasteiger partial charge on any atom is 0.416 e. The quantitative estimate of drug-likeness (QED) is 0.170. The molecule has 0 aliphatic heterocycles. The van der Waals surface area contributed by atoms with Crippen molar-refractivity contribution < 1.29 is 32.3 Å². The van der Waals surface area contributed by atoms with Crippen molar-refractivity contribution in [3.05, 3.63) is 125 Å². The molecule has 0 radical (unpaired) electrons. The second-order valence-corrected chi connectivity index (χ2v) is 11.3. The van der Waals surface area contributed by atoms with Gasteiger partial charge in [0.05, 0.1) is 23.2 Å². The van der Waals surface area contributed by atoms with E-state index in [1.807, 2.05) is 30.3 Å². The summed E-state index contributed by atoms with van der Waals surface area (Å²) in [5, 5.41) is 2.78. The SMILES string of the molecule is CCC(CC)(COC(=O)Cc1ccc(NC(=O)c2ccccc2-c2ccc(C(F)(F)F)cc2)c(C(=O)N(C)C)c1)c1ccccc1. The Hall–Kier alpha value is -4.92. The molecule has 2 amide bonds. The summed E-state index contributed by atoms with van der Waals surface area (Å²) in [5.74, 6) is -1.37. The first-order chi connectivity index (χ1) is 21.9. The van der Waals surface area contributed by atoms with Crippen LogP contribution < -0.4 is 5.32 Å². The highest BCUT2D eigenvalue weighted by molar-refractivity contribution is 6.11. The highest BCUT2D eigenvalue weighted by Crippen LogP contribution is 2.33. The summed E-state index contributed by atoms with van der Waals surface area (Å²) in [7, 11) is 3.15. The Morgan fingerprint density at radius 1 is 0.761 bits per heavy atom. The molecule has 0 atom stereocenters. The zero-order valence-corrected chi connectivity index (χ0v) is 26.3. The summed E-state index contributed by atoms with van der Waals surface area (Å²) < 4.78 is 45.0. The van der Waals surface area contributed by atoms with Gasteiger partial charge in [0.25, 0.3) is 11.8 Å². The molecule has 0 fully saturated rings. The molecule has 0 saturated heterocycles. The van der Waals surface area contributed by atoms with E-state index in [1.54, 1.807) is 56.6 Å². The number of rotatable bonds is 11. The van der Waals surface area contributed by atoms with Crippen molar-refractivity contribution in [1.82, 2.24) is 4.90 Å². The number of benzene rings is 4. The average molecular weight is 631 g/mol. The van der Waals surface area contributed by atoms with Gasteiger partial charge in [-0.15, -0.1) is 0 Å². The van der Waals surface area contributed by atoms with Crippen molar-refractivity contribution in [1.29, 1.82) is 0 Å². The minimum absolute atomic E-state index is 0.0724. The lowest BCUT2D eigenvalue weighted by Gasteiger charge is -2.31. The van der Waals surface area contributed by atoms with E-state index in [4.69, 9.17) is 4.74 Å². The van der Waals surface area contributed by atoms with Gasteiger partial charge in [-0.05, 0) is 65.4 Å². The second kappa shape index (κ2) is 14.5. The van der Waals surface area contributed by atoms with Crippen LogP contribution in [0.1, 0.15) is 64.1 Å². The molecule has 4 rings (SSSR count). The topological polar surface area (TPSA) is 75.7 Å². The third-order valence-corrected chi connectivity index (χ3v) is 8.26. The molecule has 240 valence electrons. The number of halogens is 3. The lowest BCUT2D eigenvalue weighted by Crippen LogP contribution is -2.32. The Bertz CT molecular complexity index is 1680. The first kappa shape index (κ1) is 34.0. The van der Waals surface area contributed by atoms with Gasteiger partial charge in [-0.2, -0.15) is 13.2 Å². The number of hydrogen-bond acceptors (Lipinski definition) is 4. The van der Waals surface area contributed by atoms with E-state index in [0.29, 0.717) is 16.7 Å². The molecule has 0 heterocycles. The van der Waals surface area contributed by atoms with E-state index in [0.717, 1.165) is 30.5 Å². The summed E-state index contributed by atoms with van der Waals surface area (Å²) in [6.45, 7) is 4.36. The van der Waals surface area contributed by atoms with Crippen LogP contribution in [-0.2, 0) is 27.5 Å². The monoisotopic (exact) mass is 630 g/mol. The number of carbonyl (C=O) groups is 3. The minimum Gasteiger partial charge on any atom is -0.464 e. The molecular formula is C37H37F3N2O4. The van der Waals surface area contributed by atoms with E-state index in [1.165, 1.54) is 17.0 Å². The maximum atomic E-state index is 13.5. The molecule has 9 heteroatoms. The summed E-state index contributed by atoms with van der Waals surface area (Å²) in [4.78, 5) is 41.0. The molecule has 0 aliphatic carbocycles. The number of amides is 2. The second-order valence-electron chi connectivity index (χ2n) is 11.3. The van der Waals surface area contributed by atoms with Gasteiger partial charge in [-0.1, -0.05) is 80.6 Å². The van der Waals surface area contributed by atoms with Gasteiger partial charge in [0.15, 0.2) is 0 Å². The number of hydrogen-bond donors (Lipinski definition) is 1. The van der Waals surface area contributed by atoms with E-state index >= 15 is 0 Å². The number of anilines is 1. The van der Waals surface area contributed by atoms with Crippen LogP contribution in [0.4, 0.5) is 18.9 Å². The zero-order chi connectivity index (χ0) is 33.5. The zero-order valence-electron chi connectivity index (χ0n) is 26.3. The van der Waals surface area contributed by atoms with Crippen molar-refractivity contribution >= 4 is 23.5 Å². The van der Waals surface area contributed by atoms with E-state index in [2.05, 4.69) is 19.2 Å². The lowest BCUT2D eigenvalue weighted by molar-refractivity contribution is -0.145. The van der Waals surface area contributed by atoms with Crippen LogP contribution in [0.15, 0.2) is 97.1 Å². The van der Waals surface area contributed by atoms with Crippen LogP contribution in [-0.4, -0.2) is 43.4 Å². The van der Waals surface area contributed by atoms with Crippen LogP contribution in [0.5, 0.6) is 0 Å². The standard InChI is InChI=1S/C37H37F3N2O4/c1-5-36(6-2,27-12-8-7-9-13-27)24-46-33(43)23-25-16-21-32(31(22-25)35(45)42(3)4)41-34(44)30-15-11-10-14-29(30)26-17-19-28(20-18-26)37(38,39)40/h7-22H,5-6,23-24H2,1-4H3,(H,41,44). The van der Waals surface area contributed by atoms with Crippen LogP contribution in [0.3, 0.4) is 0 Å². The molecular weight excluding hydrogens is 593 g/mol. The first-order valence-corrected chi connectivity index (χ1v) is 15.0. The van der Waals surface area contributed by atoms with Crippen molar-refractivity contribution in [3.8, 4) is 11.1 Å². The molecule has 0 unspecified atom stereocenters. The van der Waals surface area contributed by atoms with Gasteiger partial charge in [0.2, 0.25) is 0 Å². The predicted molar refractivity (Wildman–Crippen MR) is 173 cm³/mol. The van der Waals surface area contributed by atoms with Crippen molar-refractivity contribution in [2.45, 2.75) is 44.7 Å². The summed E-state index contributed by atoms with van der Waals surface area (Å²) >= 11 is 0. The highest BCUT2D eigenvalue weighted by Gasteiger charge is 2.31. The Morgan fingerprint density at radius 3 is 2.00 bits per heavy atom. The predicted octanol–water partition coefficient (Wildman–Crippen LogP) is 8.17. The van der Waals surface area contributed by atoms with Gasteiger partial charge in [0.1, 0.15) is 6.61 Å². The van der Waals surface area contributed by atoms with Gasteiger partial charge < -0.3 is 15.0 Å². The van der Waals surface area contributed by atoms with Gasteiger partial charge in [0, 0.05) is 25.1 Å². The van der Waals surface area contributed by atoms with Crippen LogP contribution in [0.25, 0.3) is 11.1 Å². The van der Waals surface area contributed by atoms with Crippen molar-refractivity contribution in [2.24, 2.45) is 0 Å². The van der Waals surface area contributed by atoms with Crippen LogP contribution in [0.2, 0.25) is 0 Å². The van der Waals surface area contributed by atoms with Crippen molar-refractivity contribution in [3.63, 3.8) is 0 Å². The van der Waals surface area contributed by atoms with Gasteiger partial charge in [-0.3, -0.25) is 14.4 Å². The van der Waals surface area contributed by atoms with Gasteiger partial charge in [-0.25, -0.2) is 0 Å². The summed E-state index contributed by atoms with van der Waals surface area (Å²) in [6.07, 6.45) is -2.97. The fraction of sp³-hybridized carbons (Fsp3) is 0.270. The molecule has 1 N–H and O–H groups in total. The Balaban J connectivity index is 1.55.